The average Bonchev–Trinajstić information content (AvgIpc) is 3.70. The molecule has 1 saturated heterocycles. The Morgan fingerprint density at radius 3 is 1.93 bits per heavy atom. The first-order chi connectivity index (χ1) is 29.0. The third kappa shape index (κ3) is 11.0. The van der Waals surface area contributed by atoms with E-state index in [1.54, 1.807) is 18.7 Å². The number of ether oxygens (including phenoxy) is 1. The molecule has 0 spiro atoms. The number of benzene rings is 3. The van der Waals surface area contributed by atoms with Gasteiger partial charge < -0.3 is 37.1 Å². The first-order valence-electron chi connectivity index (χ1n) is 21.6. The van der Waals surface area contributed by atoms with Crippen LogP contribution in [-0.2, 0) is 48.0 Å². The van der Waals surface area contributed by atoms with Gasteiger partial charge in [0.05, 0.1) is 37.0 Å². The molecule has 1 aliphatic heterocycles. The van der Waals surface area contributed by atoms with Crippen molar-refractivity contribution in [3.63, 3.8) is 0 Å². The maximum atomic E-state index is 14.2. The van der Waals surface area contributed by atoms with Crippen LogP contribution in [0.5, 0.6) is 0 Å². The molecule has 13 heteroatoms. The lowest BCUT2D eigenvalue weighted by Crippen LogP contribution is -2.57. The molecule has 3 aromatic rings. The Balaban J connectivity index is 1.20. The molecule has 12 nitrogen and oxygen atoms in total. The van der Waals surface area contributed by atoms with Crippen LogP contribution in [0.1, 0.15) is 118 Å². The van der Waals surface area contributed by atoms with Crippen molar-refractivity contribution in [3.05, 3.63) is 106 Å². The minimum Gasteiger partial charge on any atom is -0.468 e. The summed E-state index contributed by atoms with van der Waals surface area (Å²) in [6, 6.07) is 20.4. The van der Waals surface area contributed by atoms with E-state index < -0.39 is 46.2 Å². The number of nitrogens with one attached hydrogen (secondary N) is 3. The van der Waals surface area contributed by atoms with Crippen LogP contribution >= 0.6 is 11.8 Å². The Kier molecular flexibility index (Phi) is 14.7. The van der Waals surface area contributed by atoms with Crippen LogP contribution in [0.2, 0.25) is 0 Å². The van der Waals surface area contributed by atoms with Gasteiger partial charge in [0, 0.05) is 23.6 Å². The number of nitrogens with two attached hydrogens (primary N) is 2. The first-order valence-corrected chi connectivity index (χ1v) is 22.6. The highest BCUT2D eigenvalue weighted by Gasteiger charge is 2.44. The number of carbonyl (C=O) groups is 5. The van der Waals surface area contributed by atoms with Crippen LogP contribution < -0.4 is 27.4 Å². The van der Waals surface area contributed by atoms with E-state index >= 15 is 0 Å². The molecule has 61 heavy (non-hydrogen) atoms. The summed E-state index contributed by atoms with van der Waals surface area (Å²) in [6.45, 7) is 9.70. The Morgan fingerprint density at radius 1 is 0.787 bits per heavy atom. The van der Waals surface area contributed by atoms with Crippen molar-refractivity contribution >= 4 is 41.4 Å². The van der Waals surface area contributed by atoms with E-state index in [0.717, 1.165) is 60.8 Å². The molecule has 1 heterocycles. The van der Waals surface area contributed by atoms with Gasteiger partial charge in [-0.3, -0.25) is 24.0 Å². The Hall–Kier alpha value is -4.72. The van der Waals surface area contributed by atoms with Crippen molar-refractivity contribution in [2.75, 3.05) is 19.4 Å². The lowest BCUT2D eigenvalue weighted by molar-refractivity contribution is -0.141. The molecule has 0 aromatic heterocycles. The van der Waals surface area contributed by atoms with Gasteiger partial charge in [-0.25, -0.2) is 0 Å². The Labute approximate surface area is 365 Å². The van der Waals surface area contributed by atoms with Crippen LogP contribution in [0.25, 0.3) is 0 Å². The summed E-state index contributed by atoms with van der Waals surface area (Å²) in [4.78, 5) is 69.7. The zero-order chi connectivity index (χ0) is 44.1. The maximum absolute atomic E-state index is 14.2. The van der Waals surface area contributed by atoms with Crippen molar-refractivity contribution in [1.82, 2.24) is 20.9 Å². The van der Waals surface area contributed by atoms with Crippen molar-refractivity contribution in [2.45, 2.75) is 133 Å². The summed E-state index contributed by atoms with van der Waals surface area (Å²) in [5.41, 5.74) is 19.0. The molecule has 1 fully saturated rings. The molecule has 7 N–H and O–H groups in total. The number of rotatable bonds is 14. The standard InChI is InChI=1S/C48H64N6O6S/c1-47(2,3)42(50)46(59)54-27-33(26-39(54)44(57)52-37-20-12-16-32-14-8-10-18-35(32)37)30-23-21-29(22-24-30)25-38(53-45(58)41(49)48(4,5)61-28-40(55)60-6)43(56)51-36-19-11-15-31-13-7-9-17-34(31)36/h7-10,13-14,17-18,21-24,33,36-39,41-42H,11-12,15-16,19-20,25-28,49-50H2,1-6H3,(H,51,56)(H,52,57)(H,53,58)/t33?,36?,37-,38?,39+,41?,42-/m1/s1. The molecule has 328 valence electrons. The zero-order valence-electron chi connectivity index (χ0n) is 36.5. The van der Waals surface area contributed by atoms with E-state index in [4.69, 9.17) is 16.2 Å². The fourth-order valence-electron chi connectivity index (χ4n) is 8.81. The third-order valence-electron chi connectivity index (χ3n) is 12.8. The Morgan fingerprint density at radius 2 is 1.36 bits per heavy atom. The summed E-state index contributed by atoms with van der Waals surface area (Å²) >= 11 is 1.22. The molecule has 0 saturated carbocycles. The lowest BCUT2D eigenvalue weighted by atomic mass is 9.86. The van der Waals surface area contributed by atoms with Gasteiger partial charge in [-0.05, 0) is 97.6 Å². The van der Waals surface area contributed by atoms with Gasteiger partial charge in [-0.1, -0.05) is 93.6 Å². The highest BCUT2D eigenvalue weighted by Crippen LogP contribution is 2.36. The summed E-state index contributed by atoms with van der Waals surface area (Å²) in [7, 11) is 1.31. The molecule has 0 bridgehead atoms. The number of hydrogen-bond donors (Lipinski definition) is 5. The number of esters is 1. The van der Waals surface area contributed by atoms with E-state index in [0.29, 0.717) is 13.0 Å². The van der Waals surface area contributed by atoms with Crippen molar-refractivity contribution in [3.8, 4) is 0 Å². The number of aryl methyl sites for hydroxylation is 2. The second-order valence-corrected chi connectivity index (χ2v) is 20.2. The van der Waals surface area contributed by atoms with Gasteiger partial charge in [0.2, 0.25) is 23.6 Å². The van der Waals surface area contributed by atoms with E-state index in [9.17, 15) is 24.0 Å². The number of nitrogens with zero attached hydrogens (tertiary/aromatic N) is 1. The van der Waals surface area contributed by atoms with Crippen molar-refractivity contribution in [1.29, 1.82) is 0 Å². The molecule has 2 aliphatic carbocycles. The minimum absolute atomic E-state index is 0.0264. The highest BCUT2D eigenvalue weighted by molar-refractivity contribution is 8.01. The van der Waals surface area contributed by atoms with Gasteiger partial charge in [-0.15, -0.1) is 11.8 Å². The van der Waals surface area contributed by atoms with Gasteiger partial charge >= 0.3 is 5.97 Å². The summed E-state index contributed by atoms with van der Waals surface area (Å²) in [5, 5.41) is 9.47. The molecule has 3 aliphatic rings. The highest BCUT2D eigenvalue weighted by atomic mass is 32.2. The number of hydrogen-bond acceptors (Lipinski definition) is 9. The topological polar surface area (TPSA) is 186 Å². The average molecular weight is 853 g/mol. The van der Waals surface area contributed by atoms with Gasteiger partial charge in [0.15, 0.2) is 0 Å². The SMILES string of the molecule is COC(=O)CSC(C)(C)C(N)C(=O)NC(Cc1ccc(C2C[C@@H](C(=O)N[C@@H]3CCCc4ccccc43)N(C(=O)[C@@H](N)C(C)(C)C)C2)cc1)C(=O)NC1CCCc2ccccc21. The molecule has 4 amide bonds. The smallest absolute Gasteiger partial charge is 0.315 e. The van der Waals surface area contributed by atoms with Gasteiger partial charge in [-0.2, -0.15) is 0 Å². The van der Waals surface area contributed by atoms with E-state index in [1.165, 1.54) is 30.0 Å². The number of methoxy groups -OCH3 is 1. The maximum Gasteiger partial charge on any atom is 0.315 e. The molecular formula is C48H64N6O6S. The van der Waals surface area contributed by atoms with Crippen LogP contribution in [0.4, 0.5) is 0 Å². The fraction of sp³-hybridized carbons (Fsp3) is 0.521. The van der Waals surface area contributed by atoms with Crippen LogP contribution in [0.15, 0.2) is 72.8 Å². The molecular weight excluding hydrogens is 789 g/mol. The lowest BCUT2D eigenvalue weighted by Gasteiger charge is -2.34. The Bertz CT molecular complexity index is 2070. The predicted molar refractivity (Wildman–Crippen MR) is 239 cm³/mol. The van der Waals surface area contributed by atoms with E-state index in [-0.39, 0.29) is 47.9 Å². The zero-order valence-corrected chi connectivity index (χ0v) is 37.3. The quantitative estimate of drug-likeness (QED) is 0.137. The number of thioether (sulfide) groups is 1. The largest absolute Gasteiger partial charge is 0.468 e. The molecule has 6 rings (SSSR count). The molecule has 7 atom stereocenters. The number of carbonyl (C=O) groups excluding carboxylic acids is 5. The molecule has 4 unspecified atom stereocenters. The minimum atomic E-state index is -1.03. The van der Waals surface area contributed by atoms with Crippen LogP contribution in [-0.4, -0.2) is 82.8 Å². The number of likely N-dealkylation sites (tertiary alicyclic amines) is 1. The van der Waals surface area contributed by atoms with E-state index in [2.05, 4.69) is 34.1 Å². The summed E-state index contributed by atoms with van der Waals surface area (Å²) < 4.78 is 3.94. The summed E-state index contributed by atoms with van der Waals surface area (Å²) in [6.07, 6.45) is 6.07. The van der Waals surface area contributed by atoms with Gasteiger partial charge in [0.25, 0.3) is 0 Å². The van der Waals surface area contributed by atoms with Crippen LogP contribution in [0.3, 0.4) is 0 Å². The summed E-state index contributed by atoms with van der Waals surface area (Å²) in [5.74, 6) is -1.77. The normalized spacial score (nSPS) is 21.5. The molecule has 3 aromatic carbocycles. The fourth-order valence-corrected chi connectivity index (χ4v) is 9.70. The van der Waals surface area contributed by atoms with Crippen molar-refractivity contribution < 1.29 is 28.7 Å². The second-order valence-electron chi connectivity index (χ2n) is 18.5. The van der Waals surface area contributed by atoms with Crippen LogP contribution in [0, 0.1) is 5.41 Å². The third-order valence-corrected chi connectivity index (χ3v) is 14.2. The second kappa shape index (κ2) is 19.5. The van der Waals surface area contributed by atoms with E-state index in [1.807, 2.05) is 75.4 Å². The number of amides is 4. The molecule has 0 radical (unpaired) electrons. The monoisotopic (exact) mass is 852 g/mol. The predicted octanol–water partition coefficient (Wildman–Crippen LogP) is 5.17. The van der Waals surface area contributed by atoms with Crippen molar-refractivity contribution in [2.24, 2.45) is 16.9 Å². The number of fused-ring (bicyclic) bond motifs is 2. The van der Waals surface area contributed by atoms with Gasteiger partial charge in [0.1, 0.15) is 12.1 Å². The first kappa shape index (κ1) is 45.8.